The first-order chi connectivity index (χ1) is 9.92. The second kappa shape index (κ2) is 4.63. The summed E-state index contributed by atoms with van der Waals surface area (Å²) in [4.78, 5) is 11.2. The third kappa shape index (κ3) is 2.07. The van der Waals surface area contributed by atoms with Crippen LogP contribution in [0.2, 0.25) is 0 Å². The summed E-state index contributed by atoms with van der Waals surface area (Å²) < 4.78 is 77.2. The molecule has 0 spiro atoms. The lowest BCUT2D eigenvalue weighted by atomic mass is 9.83. The first-order valence-electron chi connectivity index (χ1n) is 6.40. The number of halogens is 6. The van der Waals surface area contributed by atoms with Gasteiger partial charge in [0, 0.05) is 5.41 Å². The zero-order valence-electron chi connectivity index (χ0n) is 11.3. The van der Waals surface area contributed by atoms with Crippen molar-refractivity contribution in [1.82, 2.24) is 0 Å². The molecule has 1 aromatic carbocycles. The average Bonchev–Trinajstić information content (AvgIpc) is 3.10. The highest BCUT2D eigenvalue weighted by Crippen LogP contribution is 2.73. The van der Waals surface area contributed by atoms with Gasteiger partial charge in [-0.3, -0.25) is 4.79 Å². The Kier molecular flexibility index (Phi) is 3.50. The molecule has 1 aliphatic carbocycles. The van der Waals surface area contributed by atoms with Crippen LogP contribution >= 0.6 is 0 Å². The normalized spacial score (nSPS) is 28.5. The van der Waals surface area contributed by atoms with Crippen LogP contribution in [0.1, 0.15) is 30.9 Å². The molecule has 2 unspecified atom stereocenters. The molecule has 1 aromatic rings. The van der Waals surface area contributed by atoms with Crippen LogP contribution in [0, 0.1) is 5.41 Å². The summed E-state index contributed by atoms with van der Waals surface area (Å²) in [6, 6.07) is 3.22. The second-order valence-electron chi connectivity index (χ2n) is 5.40. The van der Waals surface area contributed by atoms with Gasteiger partial charge in [0.25, 0.3) is 0 Å². The number of benzene rings is 1. The van der Waals surface area contributed by atoms with Gasteiger partial charge >= 0.3 is 18.3 Å². The van der Waals surface area contributed by atoms with Crippen LogP contribution in [0.3, 0.4) is 0 Å². The molecular weight excluding hydrogens is 314 g/mol. The fourth-order valence-electron chi connectivity index (χ4n) is 3.14. The molecule has 122 valence electrons. The molecule has 1 fully saturated rings. The van der Waals surface area contributed by atoms with Crippen LogP contribution in [0.15, 0.2) is 24.3 Å². The summed E-state index contributed by atoms with van der Waals surface area (Å²) in [5.41, 5.74) is -5.69. The molecule has 1 saturated carbocycles. The molecule has 2 atom stereocenters. The predicted molar refractivity (Wildman–Crippen MR) is 64.2 cm³/mol. The molecule has 0 aliphatic heterocycles. The van der Waals surface area contributed by atoms with E-state index in [0.29, 0.717) is 12.1 Å². The Hall–Kier alpha value is -1.73. The van der Waals surface area contributed by atoms with Gasteiger partial charge in [0.1, 0.15) is 0 Å². The lowest BCUT2D eigenvalue weighted by molar-refractivity contribution is -0.208. The fourth-order valence-corrected chi connectivity index (χ4v) is 3.14. The van der Waals surface area contributed by atoms with Crippen molar-refractivity contribution in [2.45, 2.75) is 37.5 Å². The Bertz CT molecular complexity index is 589. The van der Waals surface area contributed by atoms with Crippen molar-refractivity contribution in [2.75, 3.05) is 0 Å². The van der Waals surface area contributed by atoms with Crippen LogP contribution in [0.5, 0.6) is 0 Å². The number of rotatable bonds is 3. The summed E-state index contributed by atoms with van der Waals surface area (Å²) in [7, 11) is 0. The maximum Gasteiger partial charge on any atom is 0.416 e. The van der Waals surface area contributed by atoms with E-state index in [-0.39, 0.29) is 12.0 Å². The highest BCUT2D eigenvalue weighted by molar-refractivity contribution is 5.83. The number of alkyl halides is 6. The molecule has 22 heavy (non-hydrogen) atoms. The quantitative estimate of drug-likeness (QED) is 0.837. The number of hydrogen-bond acceptors (Lipinski definition) is 1. The van der Waals surface area contributed by atoms with Gasteiger partial charge in [-0.05, 0) is 30.5 Å². The van der Waals surface area contributed by atoms with Gasteiger partial charge in [0.05, 0.1) is 5.56 Å². The van der Waals surface area contributed by atoms with E-state index in [1.165, 1.54) is 6.92 Å². The standard InChI is InChI=1S/C14H12F6O2/c1-2-11(7-12(11,10(21)22)14(18,19)20)8-3-5-9(6-4-8)13(15,16)17/h3-6H,2,7H2,1H3,(H,21,22). The minimum Gasteiger partial charge on any atom is -0.481 e. The van der Waals surface area contributed by atoms with Crippen molar-refractivity contribution in [3.63, 3.8) is 0 Å². The van der Waals surface area contributed by atoms with Crippen molar-refractivity contribution in [3.8, 4) is 0 Å². The Labute approximate surface area is 121 Å². The highest BCUT2D eigenvalue weighted by Gasteiger charge is 2.84. The molecule has 0 aromatic heterocycles. The summed E-state index contributed by atoms with van der Waals surface area (Å²) in [6.45, 7) is 1.40. The van der Waals surface area contributed by atoms with Crippen molar-refractivity contribution in [1.29, 1.82) is 0 Å². The zero-order valence-corrected chi connectivity index (χ0v) is 11.3. The second-order valence-corrected chi connectivity index (χ2v) is 5.40. The molecule has 2 rings (SSSR count). The Morgan fingerprint density at radius 3 is 1.91 bits per heavy atom. The minimum absolute atomic E-state index is 0.0391. The number of aliphatic carboxylic acids is 1. The van der Waals surface area contributed by atoms with Gasteiger partial charge < -0.3 is 5.11 Å². The van der Waals surface area contributed by atoms with Gasteiger partial charge in [-0.25, -0.2) is 0 Å². The SMILES string of the molecule is CCC1(c2ccc(C(F)(F)F)cc2)CC1(C(=O)O)C(F)(F)F. The summed E-state index contributed by atoms with van der Waals surface area (Å²) in [5, 5.41) is 9.05. The molecule has 1 N–H and O–H groups in total. The van der Waals surface area contributed by atoms with Gasteiger partial charge in [-0.2, -0.15) is 26.3 Å². The van der Waals surface area contributed by atoms with Gasteiger partial charge in [-0.15, -0.1) is 0 Å². The third-order valence-corrected chi connectivity index (χ3v) is 4.48. The molecule has 8 heteroatoms. The predicted octanol–water partition coefficient (Wildman–Crippen LogP) is 4.39. The first-order valence-corrected chi connectivity index (χ1v) is 6.40. The fraction of sp³-hybridized carbons (Fsp3) is 0.500. The topological polar surface area (TPSA) is 37.3 Å². The number of carbonyl (C=O) groups is 1. The van der Waals surface area contributed by atoms with Crippen molar-refractivity contribution < 1.29 is 36.2 Å². The summed E-state index contributed by atoms with van der Waals surface area (Å²) in [5.74, 6) is -2.00. The Morgan fingerprint density at radius 1 is 1.14 bits per heavy atom. The third-order valence-electron chi connectivity index (χ3n) is 4.48. The maximum absolute atomic E-state index is 13.2. The van der Waals surface area contributed by atoms with E-state index < -0.39 is 41.1 Å². The van der Waals surface area contributed by atoms with Gasteiger partial charge in [0.2, 0.25) is 0 Å². The average molecular weight is 326 g/mol. The largest absolute Gasteiger partial charge is 0.481 e. The van der Waals surface area contributed by atoms with Crippen molar-refractivity contribution in [2.24, 2.45) is 5.41 Å². The van der Waals surface area contributed by atoms with Gasteiger partial charge in [-0.1, -0.05) is 19.1 Å². The van der Waals surface area contributed by atoms with E-state index in [1.807, 2.05) is 0 Å². The van der Waals surface area contributed by atoms with Crippen molar-refractivity contribution in [3.05, 3.63) is 35.4 Å². The smallest absolute Gasteiger partial charge is 0.416 e. The molecule has 0 amide bonds. The molecule has 1 aliphatic rings. The lowest BCUT2D eigenvalue weighted by Gasteiger charge is -2.24. The lowest BCUT2D eigenvalue weighted by Crippen LogP contribution is -2.39. The van der Waals surface area contributed by atoms with Crippen LogP contribution in [0.25, 0.3) is 0 Å². The Balaban J connectivity index is 2.48. The van der Waals surface area contributed by atoms with E-state index in [0.717, 1.165) is 12.1 Å². The van der Waals surface area contributed by atoms with E-state index in [4.69, 9.17) is 5.11 Å². The minimum atomic E-state index is -4.97. The number of carboxylic acid groups (broad SMARTS) is 1. The van der Waals surface area contributed by atoms with Crippen molar-refractivity contribution >= 4 is 5.97 Å². The van der Waals surface area contributed by atoms with Crippen LogP contribution in [-0.2, 0) is 16.4 Å². The summed E-state index contributed by atoms with van der Waals surface area (Å²) in [6.07, 6.45) is -10.4. The molecule has 0 bridgehead atoms. The molecule has 0 saturated heterocycles. The van der Waals surface area contributed by atoms with Crippen LogP contribution < -0.4 is 0 Å². The molecule has 0 heterocycles. The zero-order chi connectivity index (χ0) is 17.0. The van der Waals surface area contributed by atoms with Crippen LogP contribution in [-0.4, -0.2) is 17.3 Å². The van der Waals surface area contributed by atoms with Gasteiger partial charge in [0.15, 0.2) is 5.41 Å². The highest BCUT2D eigenvalue weighted by atomic mass is 19.4. The molecular formula is C14H12F6O2. The molecule has 0 radical (unpaired) electrons. The summed E-state index contributed by atoms with van der Waals surface area (Å²) >= 11 is 0. The number of hydrogen-bond donors (Lipinski definition) is 1. The maximum atomic E-state index is 13.2. The number of carboxylic acids is 1. The van der Waals surface area contributed by atoms with E-state index >= 15 is 0 Å². The van der Waals surface area contributed by atoms with Crippen LogP contribution in [0.4, 0.5) is 26.3 Å². The van der Waals surface area contributed by atoms with E-state index in [2.05, 4.69) is 0 Å². The first kappa shape index (κ1) is 16.6. The van der Waals surface area contributed by atoms with E-state index in [9.17, 15) is 31.1 Å². The van der Waals surface area contributed by atoms with E-state index in [1.54, 1.807) is 0 Å². The molecule has 2 nitrogen and oxygen atoms in total. The monoisotopic (exact) mass is 326 g/mol. The Morgan fingerprint density at radius 2 is 1.64 bits per heavy atom.